The van der Waals surface area contributed by atoms with E-state index in [0.717, 1.165) is 25.7 Å². The molecule has 0 atom stereocenters. The Morgan fingerprint density at radius 3 is 1.35 bits per heavy atom. The van der Waals surface area contributed by atoms with Crippen LogP contribution in [0.1, 0.15) is 53.4 Å². The van der Waals surface area contributed by atoms with Crippen molar-refractivity contribution < 1.29 is 31.5 Å². The standard InChI is InChI=1S/C14H28O7P2/c1-5-7-13(3)9-17-22(15,18-10-13)21-23(16)19-11-14(4,8-6-2)12-20-23/h5-12H2,1-4H3. The fourth-order valence-corrected chi connectivity index (χ4v) is 6.57. The minimum Gasteiger partial charge on any atom is -0.286 e. The fraction of sp³-hybridized carbons (Fsp3) is 1.00. The maximum Gasteiger partial charge on any atom is 0.483 e. The van der Waals surface area contributed by atoms with E-state index in [2.05, 4.69) is 13.8 Å². The lowest BCUT2D eigenvalue weighted by Crippen LogP contribution is -2.34. The highest BCUT2D eigenvalue weighted by molar-refractivity contribution is 7.62. The fourth-order valence-electron chi connectivity index (χ4n) is 2.81. The molecule has 2 aliphatic rings. The topological polar surface area (TPSA) is 80.3 Å². The van der Waals surface area contributed by atoms with Crippen molar-refractivity contribution in [3.8, 4) is 0 Å². The Kier molecular flexibility index (Phi) is 6.17. The van der Waals surface area contributed by atoms with Gasteiger partial charge in [0, 0.05) is 10.8 Å². The average molecular weight is 370 g/mol. The lowest BCUT2D eigenvalue weighted by Gasteiger charge is -2.39. The molecule has 2 saturated heterocycles. The van der Waals surface area contributed by atoms with Gasteiger partial charge in [-0.1, -0.05) is 40.5 Å². The lowest BCUT2D eigenvalue weighted by molar-refractivity contribution is -0.0245. The second-order valence-electron chi connectivity index (χ2n) is 7.19. The third-order valence-corrected chi connectivity index (χ3v) is 7.57. The van der Waals surface area contributed by atoms with E-state index >= 15 is 0 Å². The van der Waals surface area contributed by atoms with Crippen LogP contribution in [-0.4, -0.2) is 26.4 Å². The Labute approximate surface area is 138 Å². The van der Waals surface area contributed by atoms with Crippen LogP contribution >= 0.6 is 15.6 Å². The molecule has 2 aliphatic heterocycles. The quantitative estimate of drug-likeness (QED) is 0.614. The van der Waals surface area contributed by atoms with E-state index in [1.54, 1.807) is 0 Å². The summed E-state index contributed by atoms with van der Waals surface area (Å²) in [5.74, 6) is 0. The Hall–Kier alpha value is 0.260. The van der Waals surface area contributed by atoms with Crippen LogP contribution < -0.4 is 0 Å². The highest BCUT2D eigenvalue weighted by Crippen LogP contribution is 2.69. The number of hydrogen-bond donors (Lipinski definition) is 0. The van der Waals surface area contributed by atoms with Crippen molar-refractivity contribution in [3.05, 3.63) is 0 Å². The molecule has 136 valence electrons. The molecule has 9 heteroatoms. The van der Waals surface area contributed by atoms with Crippen molar-refractivity contribution in [2.45, 2.75) is 53.4 Å². The van der Waals surface area contributed by atoms with Crippen molar-refractivity contribution in [3.63, 3.8) is 0 Å². The maximum absolute atomic E-state index is 12.5. The molecule has 23 heavy (non-hydrogen) atoms. The normalized spacial score (nSPS) is 45.0. The Morgan fingerprint density at radius 2 is 1.09 bits per heavy atom. The second-order valence-corrected chi connectivity index (χ2v) is 10.7. The summed E-state index contributed by atoms with van der Waals surface area (Å²) in [7, 11) is -7.84. The average Bonchev–Trinajstić information content (AvgIpc) is 2.48. The summed E-state index contributed by atoms with van der Waals surface area (Å²) in [6.45, 7) is 9.02. The van der Waals surface area contributed by atoms with Gasteiger partial charge in [0.1, 0.15) is 0 Å². The molecule has 0 aromatic heterocycles. The van der Waals surface area contributed by atoms with Crippen molar-refractivity contribution >= 4 is 15.6 Å². The van der Waals surface area contributed by atoms with Gasteiger partial charge in [-0.05, 0) is 12.8 Å². The van der Waals surface area contributed by atoms with Crippen LogP contribution in [0, 0.1) is 10.8 Å². The minimum atomic E-state index is -3.92. The molecule has 0 saturated carbocycles. The number of hydrogen-bond acceptors (Lipinski definition) is 7. The molecular formula is C14H28O7P2. The number of phosphoric ester groups is 2. The predicted octanol–water partition coefficient (Wildman–Crippen LogP) is 4.93. The summed E-state index contributed by atoms with van der Waals surface area (Å²) in [6, 6.07) is 0. The van der Waals surface area contributed by atoms with E-state index in [1.165, 1.54) is 0 Å². The molecule has 0 aromatic carbocycles. The summed E-state index contributed by atoms with van der Waals surface area (Å²) in [5.41, 5.74) is -0.428. The van der Waals surface area contributed by atoms with Gasteiger partial charge in [0.25, 0.3) is 0 Å². The van der Waals surface area contributed by atoms with Gasteiger partial charge in [-0.15, -0.1) is 0 Å². The van der Waals surface area contributed by atoms with Gasteiger partial charge in [0.15, 0.2) is 0 Å². The molecule has 0 aromatic rings. The molecule has 2 heterocycles. The summed E-state index contributed by atoms with van der Waals surface area (Å²) < 4.78 is 51.2. The van der Waals surface area contributed by atoms with Crippen LogP contribution in [0.5, 0.6) is 0 Å². The first kappa shape index (κ1) is 19.6. The predicted molar refractivity (Wildman–Crippen MR) is 86.1 cm³/mol. The van der Waals surface area contributed by atoms with Crippen molar-refractivity contribution in [1.29, 1.82) is 0 Å². The third kappa shape index (κ3) is 5.12. The van der Waals surface area contributed by atoms with Crippen molar-refractivity contribution in [2.24, 2.45) is 10.8 Å². The van der Waals surface area contributed by atoms with Gasteiger partial charge in [-0.3, -0.25) is 18.1 Å². The van der Waals surface area contributed by atoms with Gasteiger partial charge in [0.2, 0.25) is 0 Å². The molecule has 0 amide bonds. The molecule has 0 spiro atoms. The van der Waals surface area contributed by atoms with Gasteiger partial charge in [0.05, 0.1) is 26.4 Å². The molecule has 0 radical (unpaired) electrons. The van der Waals surface area contributed by atoms with Crippen LogP contribution in [0.15, 0.2) is 0 Å². The minimum absolute atomic E-state index is 0.214. The molecule has 0 aliphatic carbocycles. The van der Waals surface area contributed by atoms with Gasteiger partial charge in [-0.2, -0.15) is 4.31 Å². The number of phosphoric acid groups is 2. The van der Waals surface area contributed by atoms with Crippen molar-refractivity contribution in [1.82, 2.24) is 0 Å². The van der Waals surface area contributed by atoms with Gasteiger partial charge >= 0.3 is 15.6 Å². The van der Waals surface area contributed by atoms with E-state index in [-0.39, 0.29) is 37.3 Å². The summed E-state index contributed by atoms with van der Waals surface area (Å²) >= 11 is 0. The van der Waals surface area contributed by atoms with Gasteiger partial charge < -0.3 is 0 Å². The van der Waals surface area contributed by atoms with Crippen molar-refractivity contribution in [2.75, 3.05) is 26.4 Å². The smallest absolute Gasteiger partial charge is 0.286 e. The van der Waals surface area contributed by atoms with Crippen LogP contribution in [0.2, 0.25) is 0 Å². The van der Waals surface area contributed by atoms with E-state index in [9.17, 15) is 9.13 Å². The monoisotopic (exact) mass is 370 g/mol. The largest absolute Gasteiger partial charge is 0.483 e. The van der Waals surface area contributed by atoms with Gasteiger partial charge in [-0.25, -0.2) is 9.13 Å². The zero-order chi connectivity index (χ0) is 17.2. The first-order chi connectivity index (χ1) is 10.7. The molecule has 0 bridgehead atoms. The number of rotatable bonds is 6. The molecule has 7 nitrogen and oxygen atoms in total. The first-order valence-corrected chi connectivity index (χ1v) is 11.1. The molecule has 0 N–H and O–H groups in total. The Bertz CT molecular complexity index is 439. The van der Waals surface area contributed by atoms with Crippen LogP contribution in [0.3, 0.4) is 0 Å². The van der Waals surface area contributed by atoms with E-state index in [0.29, 0.717) is 0 Å². The van der Waals surface area contributed by atoms with E-state index < -0.39 is 15.6 Å². The van der Waals surface area contributed by atoms with E-state index in [1.807, 2.05) is 13.8 Å². The third-order valence-electron chi connectivity index (χ3n) is 4.19. The summed E-state index contributed by atoms with van der Waals surface area (Å²) in [6.07, 6.45) is 3.70. The Morgan fingerprint density at radius 1 is 0.783 bits per heavy atom. The highest BCUT2D eigenvalue weighted by Gasteiger charge is 2.49. The SMILES string of the molecule is CCCC1(C)COP(=O)(OP2(=O)OCC(C)(CCC)CO2)OC1. The zero-order valence-electron chi connectivity index (χ0n) is 14.4. The first-order valence-electron chi connectivity index (χ1n) is 8.15. The summed E-state index contributed by atoms with van der Waals surface area (Å²) in [4.78, 5) is 0. The lowest BCUT2D eigenvalue weighted by atomic mass is 9.88. The zero-order valence-corrected chi connectivity index (χ0v) is 16.2. The highest BCUT2D eigenvalue weighted by atomic mass is 31.3. The Balaban J connectivity index is 1.92. The van der Waals surface area contributed by atoms with Crippen LogP contribution in [0.25, 0.3) is 0 Å². The van der Waals surface area contributed by atoms with E-state index in [4.69, 9.17) is 22.4 Å². The second kappa shape index (κ2) is 7.25. The molecular weight excluding hydrogens is 342 g/mol. The van der Waals surface area contributed by atoms with Crippen LogP contribution in [-0.2, 0) is 31.5 Å². The molecule has 0 unspecified atom stereocenters. The van der Waals surface area contributed by atoms with Crippen LogP contribution in [0.4, 0.5) is 0 Å². The summed E-state index contributed by atoms with van der Waals surface area (Å²) in [5, 5.41) is 0. The molecule has 2 fully saturated rings. The maximum atomic E-state index is 12.5. The molecule has 2 rings (SSSR count).